The molecule has 1 aromatic carbocycles. The van der Waals surface area contributed by atoms with Crippen LogP contribution in [0.15, 0.2) is 53.1 Å². The van der Waals surface area contributed by atoms with Gasteiger partial charge in [0.15, 0.2) is 11.8 Å². The Labute approximate surface area is 162 Å². The zero-order valence-corrected chi connectivity index (χ0v) is 15.8. The van der Waals surface area contributed by atoms with Gasteiger partial charge in [0.05, 0.1) is 13.4 Å². The third kappa shape index (κ3) is 2.57. The molecule has 2 aromatic rings. The molecule has 4 atom stereocenters. The highest BCUT2D eigenvalue weighted by Crippen LogP contribution is 2.45. The first-order valence-electron chi connectivity index (χ1n) is 9.40. The number of hydrogen-bond donors (Lipinski definition) is 1. The van der Waals surface area contributed by atoms with Gasteiger partial charge in [0.1, 0.15) is 11.8 Å². The van der Waals surface area contributed by atoms with Gasteiger partial charge >= 0.3 is 5.97 Å². The van der Waals surface area contributed by atoms with E-state index in [1.54, 1.807) is 19.1 Å². The number of imide groups is 1. The highest BCUT2D eigenvalue weighted by molar-refractivity contribution is 6.08. The van der Waals surface area contributed by atoms with E-state index in [0.717, 1.165) is 5.56 Å². The number of likely N-dealkylation sites (tertiary alicyclic amines) is 1. The molecular weight excluding hydrogens is 360 g/mol. The molecule has 28 heavy (non-hydrogen) atoms. The number of nitrogens with two attached hydrogens (primary N) is 1. The van der Waals surface area contributed by atoms with Crippen molar-refractivity contribution in [1.29, 1.82) is 0 Å². The second kappa shape index (κ2) is 6.91. The van der Waals surface area contributed by atoms with Crippen molar-refractivity contribution in [3.05, 3.63) is 60.1 Å². The van der Waals surface area contributed by atoms with Crippen LogP contribution in [0.5, 0.6) is 0 Å². The number of hydrogen-bond acceptors (Lipinski definition) is 5. The summed E-state index contributed by atoms with van der Waals surface area (Å²) in [6.07, 6.45) is 1.82. The summed E-state index contributed by atoms with van der Waals surface area (Å²) < 4.78 is 10.7. The van der Waals surface area contributed by atoms with Crippen molar-refractivity contribution in [3.8, 4) is 0 Å². The highest BCUT2D eigenvalue weighted by atomic mass is 16.5. The van der Waals surface area contributed by atoms with Gasteiger partial charge in [-0.05, 0) is 24.6 Å². The van der Waals surface area contributed by atoms with Crippen LogP contribution in [-0.2, 0) is 25.5 Å². The summed E-state index contributed by atoms with van der Waals surface area (Å²) in [7, 11) is 1.32. The van der Waals surface area contributed by atoms with Crippen LogP contribution >= 0.6 is 0 Å². The molecule has 2 aliphatic heterocycles. The maximum atomic E-state index is 13.2. The van der Waals surface area contributed by atoms with Gasteiger partial charge in [0.25, 0.3) is 0 Å². The van der Waals surface area contributed by atoms with Crippen molar-refractivity contribution in [2.75, 3.05) is 13.7 Å². The van der Waals surface area contributed by atoms with Gasteiger partial charge < -0.3 is 14.5 Å². The minimum atomic E-state index is -1.23. The van der Waals surface area contributed by atoms with Crippen molar-refractivity contribution in [1.82, 2.24) is 4.90 Å². The Kier molecular flexibility index (Phi) is 4.55. The van der Waals surface area contributed by atoms with Gasteiger partial charge in [0.2, 0.25) is 17.4 Å². The predicted octanol–water partition coefficient (Wildman–Crippen LogP) is 0.673. The molecule has 0 spiro atoms. The van der Waals surface area contributed by atoms with Crippen LogP contribution < -0.4 is 5.32 Å². The maximum absolute atomic E-state index is 13.2. The summed E-state index contributed by atoms with van der Waals surface area (Å²) in [4.78, 5) is 40.6. The molecule has 0 radical (unpaired) electrons. The van der Waals surface area contributed by atoms with Crippen LogP contribution in [0.4, 0.5) is 0 Å². The van der Waals surface area contributed by atoms with Crippen LogP contribution in [0, 0.1) is 11.8 Å². The monoisotopic (exact) mass is 383 g/mol. The van der Waals surface area contributed by atoms with Crippen LogP contribution in [0.1, 0.15) is 24.3 Å². The second-order valence-corrected chi connectivity index (χ2v) is 7.33. The Hall–Kier alpha value is -2.93. The molecule has 4 rings (SSSR count). The van der Waals surface area contributed by atoms with Crippen LogP contribution in [0.25, 0.3) is 0 Å². The SMILES string of the molecule is CCN1C(=O)[C@H]2[C@@H](c3ccco3)[NH2+][C@@](Cc3ccccc3)(C(=O)OC)[C@@H]2C1=O. The Balaban J connectivity index is 1.86. The first-order chi connectivity index (χ1) is 13.5. The molecule has 3 heterocycles. The molecule has 2 N–H and O–H groups in total. The van der Waals surface area contributed by atoms with E-state index in [-0.39, 0.29) is 24.8 Å². The summed E-state index contributed by atoms with van der Waals surface area (Å²) in [5.41, 5.74) is -0.326. The minimum absolute atomic E-state index is 0.256. The average molecular weight is 383 g/mol. The number of fused-ring (bicyclic) bond motifs is 1. The average Bonchev–Trinajstić information content (AvgIpc) is 3.40. The number of esters is 1. The number of ether oxygens (including phenoxy) is 1. The lowest BCUT2D eigenvalue weighted by Crippen LogP contribution is -2.98. The molecule has 2 aliphatic rings. The first-order valence-corrected chi connectivity index (χ1v) is 9.40. The number of carbonyl (C=O) groups is 3. The normalized spacial score (nSPS) is 29.2. The fourth-order valence-electron chi connectivity index (χ4n) is 4.79. The van der Waals surface area contributed by atoms with Crippen molar-refractivity contribution >= 4 is 17.8 Å². The Morgan fingerprint density at radius 2 is 1.93 bits per heavy atom. The summed E-state index contributed by atoms with van der Waals surface area (Å²) in [5, 5.41) is 1.81. The zero-order valence-electron chi connectivity index (χ0n) is 15.8. The quantitative estimate of drug-likeness (QED) is 0.605. The van der Waals surface area contributed by atoms with Crippen molar-refractivity contribution in [2.45, 2.75) is 24.9 Å². The molecule has 146 valence electrons. The van der Waals surface area contributed by atoms with Gasteiger partial charge in [-0.15, -0.1) is 0 Å². The van der Waals surface area contributed by atoms with E-state index >= 15 is 0 Å². The number of rotatable bonds is 5. The molecule has 2 saturated heterocycles. The van der Waals surface area contributed by atoms with E-state index in [4.69, 9.17) is 9.15 Å². The number of carbonyl (C=O) groups excluding carboxylic acids is 3. The lowest BCUT2D eigenvalue weighted by atomic mass is 9.76. The molecule has 0 saturated carbocycles. The predicted molar refractivity (Wildman–Crippen MR) is 97.6 cm³/mol. The number of quaternary nitrogens is 1. The molecule has 1 aromatic heterocycles. The molecular formula is C21H23N2O5+. The Morgan fingerprint density at radius 3 is 2.54 bits per heavy atom. The fraction of sp³-hybridized carbons (Fsp3) is 0.381. The summed E-state index contributed by atoms with van der Waals surface area (Å²) >= 11 is 0. The van der Waals surface area contributed by atoms with Gasteiger partial charge in [0, 0.05) is 13.0 Å². The lowest BCUT2D eigenvalue weighted by Gasteiger charge is -2.29. The number of amides is 2. The largest absolute Gasteiger partial charge is 0.464 e. The summed E-state index contributed by atoms with van der Waals surface area (Å²) in [6.45, 7) is 2.04. The van der Waals surface area contributed by atoms with E-state index in [0.29, 0.717) is 5.76 Å². The molecule has 0 bridgehead atoms. The van der Waals surface area contributed by atoms with E-state index in [1.165, 1.54) is 18.3 Å². The number of benzene rings is 1. The molecule has 0 aliphatic carbocycles. The molecule has 0 unspecified atom stereocenters. The van der Waals surface area contributed by atoms with E-state index in [2.05, 4.69) is 0 Å². The fourth-order valence-corrected chi connectivity index (χ4v) is 4.79. The Morgan fingerprint density at radius 1 is 1.18 bits per heavy atom. The molecule has 2 amide bonds. The third-order valence-corrected chi connectivity index (χ3v) is 5.95. The summed E-state index contributed by atoms with van der Waals surface area (Å²) in [5.74, 6) is -1.96. The van der Waals surface area contributed by atoms with E-state index in [1.807, 2.05) is 35.6 Å². The topological polar surface area (TPSA) is 93.4 Å². The van der Waals surface area contributed by atoms with Gasteiger partial charge in [-0.3, -0.25) is 14.5 Å². The highest BCUT2D eigenvalue weighted by Gasteiger charge is 2.72. The second-order valence-electron chi connectivity index (χ2n) is 7.33. The van der Waals surface area contributed by atoms with Crippen LogP contribution in [0.3, 0.4) is 0 Å². The van der Waals surface area contributed by atoms with Gasteiger partial charge in [-0.2, -0.15) is 0 Å². The minimum Gasteiger partial charge on any atom is -0.464 e. The first kappa shape index (κ1) is 18.4. The molecule has 7 heteroatoms. The van der Waals surface area contributed by atoms with E-state index < -0.39 is 29.4 Å². The third-order valence-electron chi connectivity index (χ3n) is 5.95. The molecule has 2 fully saturated rings. The number of methoxy groups -OCH3 is 1. The number of nitrogens with zero attached hydrogens (tertiary/aromatic N) is 1. The standard InChI is InChI=1S/C21H22N2O5/c1-3-23-18(24)15-16(19(23)25)21(20(26)27-2,12-13-8-5-4-6-9-13)22-17(15)14-10-7-11-28-14/h4-11,15-17,22H,3,12H2,1-2H3/p+1/t15-,16+,17-,21-/m1/s1. The number of furan rings is 1. The van der Waals surface area contributed by atoms with Crippen LogP contribution in [-0.4, -0.2) is 41.9 Å². The molecule has 7 nitrogen and oxygen atoms in total. The smallest absolute Gasteiger partial charge is 0.369 e. The maximum Gasteiger partial charge on any atom is 0.369 e. The van der Waals surface area contributed by atoms with Crippen molar-refractivity contribution < 1.29 is 28.9 Å². The van der Waals surface area contributed by atoms with Crippen LogP contribution in [0.2, 0.25) is 0 Å². The van der Waals surface area contributed by atoms with Crippen molar-refractivity contribution in [2.24, 2.45) is 11.8 Å². The van der Waals surface area contributed by atoms with Gasteiger partial charge in [-0.25, -0.2) is 4.79 Å². The zero-order chi connectivity index (χ0) is 19.9. The lowest BCUT2D eigenvalue weighted by molar-refractivity contribution is -0.735. The summed E-state index contributed by atoms with van der Waals surface area (Å²) in [6, 6.07) is 12.5. The van der Waals surface area contributed by atoms with E-state index in [9.17, 15) is 14.4 Å². The Bertz CT molecular complexity index is 895. The van der Waals surface area contributed by atoms with Crippen molar-refractivity contribution in [3.63, 3.8) is 0 Å². The van der Waals surface area contributed by atoms with Gasteiger partial charge in [-0.1, -0.05) is 30.3 Å².